The van der Waals surface area contributed by atoms with Crippen molar-refractivity contribution >= 4 is 15.9 Å². The van der Waals surface area contributed by atoms with E-state index < -0.39 is 0 Å². The largest absolute Gasteiger partial charge is 0.310 e. The maximum atomic E-state index is 3.70. The third-order valence-corrected chi connectivity index (χ3v) is 4.94. The van der Waals surface area contributed by atoms with Crippen molar-refractivity contribution < 1.29 is 0 Å². The maximum Gasteiger partial charge on any atom is 0.0320 e. The summed E-state index contributed by atoms with van der Waals surface area (Å²) in [6.45, 7) is 10.4. The molecule has 2 atom stereocenters. The van der Waals surface area contributed by atoms with Crippen LogP contribution in [0.25, 0.3) is 0 Å². The molecule has 1 N–H and O–H groups in total. The summed E-state index contributed by atoms with van der Waals surface area (Å²) in [6.07, 6.45) is 2.41. The molecule has 0 aliphatic carbocycles. The molecule has 0 amide bonds. The van der Waals surface area contributed by atoms with E-state index in [0.29, 0.717) is 6.04 Å². The van der Waals surface area contributed by atoms with Crippen molar-refractivity contribution in [1.82, 2.24) is 10.2 Å². The molecule has 0 aromatic heterocycles. The van der Waals surface area contributed by atoms with E-state index in [9.17, 15) is 0 Å². The molecule has 3 heteroatoms. The molecule has 1 aliphatic heterocycles. The highest BCUT2D eigenvalue weighted by Gasteiger charge is 2.29. The second kappa shape index (κ2) is 6.38. The Morgan fingerprint density at radius 1 is 1.37 bits per heavy atom. The van der Waals surface area contributed by atoms with E-state index in [2.05, 4.69) is 71.2 Å². The van der Waals surface area contributed by atoms with Gasteiger partial charge >= 0.3 is 0 Å². The standard InChI is InChI=1S/C16H25BrN2/c1-4-16(3)12-19(11-5-10-18-16)13(2)14-6-8-15(17)9-7-14/h6-9,13,18H,4-5,10-12H2,1-3H3. The topological polar surface area (TPSA) is 15.3 Å². The molecule has 19 heavy (non-hydrogen) atoms. The lowest BCUT2D eigenvalue weighted by molar-refractivity contribution is 0.169. The van der Waals surface area contributed by atoms with Gasteiger partial charge in [0.05, 0.1) is 0 Å². The molecule has 0 saturated carbocycles. The summed E-state index contributed by atoms with van der Waals surface area (Å²) in [6, 6.07) is 9.23. The lowest BCUT2D eigenvalue weighted by Gasteiger charge is -2.36. The third-order valence-electron chi connectivity index (χ3n) is 4.41. The molecule has 1 aliphatic rings. The normalized spacial score (nSPS) is 26.9. The summed E-state index contributed by atoms with van der Waals surface area (Å²) >= 11 is 3.51. The van der Waals surface area contributed by atoms with Gasteiger partial charge in [0.2, 0.25) is 0 Å². The highest BCUT2D eigenvalue weighted by molar-refractivity contribution is 9.10. The van der Waals surface area contributed by atoms with Crippen LogP contribution in [0.5, 0.6) is 0 Å². The number of hydrogen-bond donors (Lipinski definition) is 1. The SMILES string of the molecule is CCC1(C)CN(C(C)c2ccc(Br)cc2)CCCN1. The molecule has 1 fully saturated rings. The molecule has 0 bridgehead atoms. The Balaban J connectivity index is 2.12. The fraction of sp³-hybridized carbons (Fsp3) is 0.625. The van der Waals surface area contributed by atoms with Crippen LogP contribution in [0.4, 0.5) is 0 Å². The van der Waals surface area contributed by atoms with E-state index in [1.807, 2.05) is 0 Å². The van der Waals surface area contributed by atoms with Gasteiger partial charge in [-0.3, -0.25) is 4.90 Å². The van der Waals surface area contributed by atoms with Crippen LogP contribution in [0.1, 0.15) is 45.2 Å². The first-order valence-corrected chi connectivity index (χ1v) is 8.08. The van der Waals surface area contributed by atoms with Gasteiger partial charge in [0.15, 0.2) is 0 Å². The first-order chi connectivity index (χ1) is 9.04. The maximum absolute atomic E-state index is 3.70. The van der Waals surface area contributed by atoms with Crippen LogP contribution in [0.2, 0.25) is 0 Å². The minimum atomic E-state index is 0.250. The summed E-state index contributed by atoms with van der Waals surface area (Å²) in [5, 5.41) is 3.70. The average molecular weight is 325 g/mol. The van der Waals surface area contributed by atoms with Crippen molar-refractivity contribution in [3.63, 3.8) is 0 Å². The Labute approximate surface area is 125 Å². The summed E-state index contributed by atoms with van der Waals surface area (Å²) in [4.78, 5) is 2.62. The van der Waals surface area contributed by atoms with E-state index in [1.54, 1.807) is 0 Å². The number of hydrogen-bond acceptors (Lipinski definition) is 2. The molecule has 1 aromatic rings. The van der Waals surface area contributed by atoms with Crippen LogP contribution in [-0.4, -0.2) is 30.1 Å². The predicted molar refractivity (Wildman–Crippen MR) is 85.4 cm³/mol. The molecular weight excluding hydrogens is 300 g/mol. The fourth-order valence-electron chi connectivity index (χ4n) is 2.78. The van der Waals surface area contributed by atoms with Gasteiger partial charge in [-0.25, -0.2) is 0 Å². The number of nitrogens with zero attached hydrogens (tertiary/aromatic N) is 1. The van der Waals surface area contributed by atoms with Crippen molar-refractivity contribution in [2.24, 2.45) is 0 Å². The molecule has 1 aromatic carbocycles. The van der Waals surface area contributed by atoms with Crippen LogP contribution in [-0.2, 0) is 0 Å². The number of rotatable bonds is 3. The molecule has 2 rings (SSSR count). The smallest absolute Gasteiger partial charge is 0.0320 e. The Kier molecular flexibility index (Phi) is 5.04. The Morgan fingerprint density at radius 2 is 2.05 bits per heavy atom. The van der Waals surface area contributed by atoms with Gasteiger partial charge < -0.3 is 5.32 Å². The highest BCUT2D eigenvalue weighted by atomic mass is 79.9. The van der Waals surface area contributed by atoms with Crippen LogP contribution in [0, 0.1) is 0 Å². The molecular formula is C16H25BrN2. The van der Waals surface area contributed by atoms with Crippen molar-refractivity contribution in [2.45, 2.75) is 45.2 Å². The lowest BCUT2D eigenvalue weighted by Crippen LogP contribution is -2.48. The predicted octanol–water partition coefficient (Wildman–Crippen LogP) is 3.97. The van der Waals surface area contributed by atoms with Crippen LogP contribution < -0.4 is 5.32 Å². The zero-order valence-electron chi connectivity index (χ0n) is 12.2. The quantitative estimate of drug-likeness (QED) is 0.904. The molecule has 0 radical (unpaired) electrons. The Bertz CT molecular complexity index is 404. The van der Waals surface area contributed by atoms with E-state index in [-0.39, 0.29) is 5.54 Å². The van der Waals surface area contributed by atoms with E-state index in [0.717, 1.165) is 17.6 Å². The molecule has 1 heterocycles. The summed E-state index contributed by atoms with van der Waals surface area (Å²) in [5.41, 5.74) is 1.66. The second-order valence-corrected chi connectivity index (χ2v) is 6.81. The van der Waals surface area contributed by atoms with Gasteiger partial charge in [0.25, 0.3) is 0 Å². The second-order valence-electron chi connectivity index (χ2n) is 5.89. The summed E-state index contributed by atoms with van der Waals surface area (Å²) < 4.78 is 1.15. The monoisotopic (exact) mass is 324 g/mol. The van der Waals surface area contributed by atoms with Crippen molar-refractivity contribution in [1.29, 1.82) is 0 Å². The van der Waals surface area contributed by atoms with E-state index >= 15 is 0 Å². The van der Waals surface area contributed by atoms with Crippen LogP contribution >= 0.6 is 15.9 Å². The van der Waals surface area contributed by atoms with Crippen LogP contribution in [0.15, 0.2) is 28.7 Å². The van der Waals surface area contributed by atoms with Gasteiger partial charge in [0.1, 0.15) is 0 Å². The first kappa shape index (κ1) is 15.0. The first-order valence-electron chi connectivity index (χ1n) is 7.28. The zero-order chi connectivity index (χ0) is 13.9. The minimum absolute atomic E-state index is 0.250. The molecule has 1 saturated heterocycles. The van der Waals surface area contributed by atoms with Crippen molar-refractivity contribution in [3.8, 4) is 0 Å². The number of halogens is 1. The van der Waals surface area contributed by atoms with Gasteiger partial charge in [-0.2, -0.15) is 0 Å². The number of nitrogens with one attached hydrogen (secondary N) is 1. The van der Waals surface area contributed by atoms with Crippen molar-refractivity contribution in [2.75, 3.05) is 19.6 Å². The van der Waals surface area contributed by atoms with Crippen LogP contribution in [0.3, 0.4) is 0 Å². The van der Waals surface area contributed by atoms with E-state index in [1.165, 1.54) is 24.9 Å². The molecule has 2 unspecified atom stereocenters. The molecule has 0 spiro atoms. The molecule has 2 nitrogen and oxygen atoms in total. The van der Waals surface area contributed by atoms with E-state index in [4.69, 9.17) is 0 Å². The average Bonchev–Trinajstić information content (AvgIpc) is 2.62. The van der Waals surface area contributed by atoms with Gasteiger partial charge in [0, 0.05) is 29.1 Å². The zero-order valence-corrected chi connectivity index (χ0v) is 13.8. The van der Waals surface area contributed by atoms with Gasteiger partial charge in [-0.05, 0) is 50.9 Å². The summed E-state index contributed by atoms with van der Waals surface area (Å²) in [7, 11) is 0. The number of benzene rings is 1. The summed E-state index contributed by atoms with van der Waals surface area (Å²) in [5.74, 6) is 0. The third kappa shape index (κ3) is 3.80. The Morgan fingerprint density at radius 3 is 2.68 bits per heavy atom. The minimum Gasteiger partial charge on any atom is -0.310 e. The lowest BCUT2D eigenvalue weighted by atomic mass is 9.97. The fourth-order valence-corrected chi connectivity index (χ4v) is 3.04. The highest BCUT2D eigenvalue weighted by Crippen LogP contribution is 2.26. The van der Waals surface area contributed by atoms with Crippen molar-refractivity contribution in [3.05, 3.63) is 34.3 Å². The van der Waals surface area contributed by atoms with Gasteiger partial charge in [-0.15, -0.1) is 0 Å². The molecule has 106 valence electrons. The van der Waals surface area contributed by atoms with Gasteiger partial charge in [-0.1, -0.05) is 35.0 Å². The Hall–Kier alpha value is -0.380.